The van der Waals surface area contributed by atoms with Gasteiger partial charge in [-0.05, 0) is 54.4 Å². The summed E-state index contributed by atoms with van der Waals surface area (Å²) in [4.78, 5) is 0. The second kappa shape index (κ2) is 11.7. The Bertz CT molecular complexity index is 955. The highest BCUT2D eigenvalue weighted by molar-refractivity contribution is 5.35. The minimum atomic E-state index is -0.401. The number of rotatable bonds is 12. The molecule has 0 N–H and O–H groups in total. The second-order valence-electron chi connectivity index (χ2n) is 8.13. The summed E-state index contributed by atoms with van der Waals surface area (Å²) in [7, 11) is 0. The highest BCUT2D eigenvalue weighted by Crippen LogP contribution is 2.28. The molecule has 0 spiro atoms. The first kappa shape index (κ1) is 23.8. The van der Waals surface area contributed by atoms with Gasteiger partial charge in [0.25, 0.3) is 0 Å². The molecule has 0 aliphatic carbocycles. The normalized spacial score (nSPS) is 11.4. The summed E-state index contributed by atoms with van der Waals surface area (Å²) in [6, 6.07) is 22.0. The molecule has 0 radical (unpaired) electrons. The molecule has 0 aromatic heterocycles. The smallest absolute Gasteiger partial charge is 0.165 e. The molecule has 0 heterocycles. The molecule has 0 aliphatic heterocycles. The van der Waals surface area contributed by atoms with Crippen molar-refractivity contribution in [3.05, 3.63) is 89.7 Å². The zero-order valence-electron chi connectivity index (χ0n) is 19.0. The average molecular weight is 439 g/mol. The van der Waals surface area contributed by atoms with Gasteiger partial charge in [0.2, 0.25) is 0 Å². The largest absolute Gasteiger partial charge is 0.491 e. The fraction of sp³-hybridized carbons (Fsp3) is 0.333. The summed E-state index contributed by atoms with van der Waals surface area (Å²) in [6.07, 6.45) is 0. The Balaban J connectivity index is 1.53. The first-order valence-corrected chi connectivity index (χ1v) is 10.9. The number of hydrogen-bond donors (Lipinski definition) is 0. The van der Waals surface area contributed by atoms with E-state index in [2.05, 4.69) is 26.0 Å². The van der Waals surface area contributed by atoms with Crippen LogP contribution in [0.1, 0.15) is 31.9 Å². The van der Waals surface area contributed by atoms with E-state index in [-0.39, 0.29) is 11.2 Å². The first-order valence-electron chi connectivity index (χ1n) is 10.9. The SMILES string of the molecule is CCOCCOc1ccc(C(C)(C)COCc2ccc(F)c(Oc3ccccc3)c2)cc1. The molecule has 3 aromatic carbocycles. The van der Waals surface area contributed by atoms with Crippen LogP contribution in [-0.4, -0.2) is 26.4 Å². The lowest BCUT2D eigenvalue weighted by Crippen LogP contribution is -2.24. The molecule has 0 atom stereocenters. The van der Waals surface area contributed by atoms with Crippen molar-refractivity contribution in [2.45, 2.75) is 32.8 Å². The predicted molar refractivity (Wildman–Crippen MR) is 124 cm³/mol. The molecular formula is C27H31FO4. The van der Waals surface area contributed by atoms with Crippen LogP contribution in [0, 0.1) is 5.82 Å². The van der Waals surface area contributed by atoms with Gasteiger partial charge < -0.3 is 18.9 Å². The summed E-state index contributed by atoms with van der Waals surface area (Å²) < 4.78 is 36.8. The zero-order valence-corrected chi connectivity index (χ0v) is 19.0. The van der Waals surface area contributed by atoms with Crippen LogP contribution < -0.4 is 9.47 Å². The first-order chi connectivity index (χ1) is 15.5. The van der Waals surface area contributed by atoms with Gasteiger partial charge in [-0.1, -0.05) is 50.2 Å². The maximum Gasteiger partial charge on any atom is 0.165 e. The average Bonchev–Trinajstić information content (AvgIpc) is 2.80. The van der Waals surface area contributed by atoms with Gasteiger partial charge >= 0.3 is 0 Å². The Morgan fingerprint density at radius 1 is 0.812 bits per heavy atom. The minimum Gasteiger partial charge on any atom is -0.491 e. The number of hydrogen-bond acceptors (Lipinski definition) is 4. The van der Waals surface area contributed by atoms with Gasteiger partial charge in [0.1, 0.15) is 18.1 Å². The highest BCUT2D eigenvalue weighted by Gasteiger charge is 2.21. The van der Waals surface area contributed by atoms with Gasteiger partial charge in [-0.15, -0.1) is 0 Å². The van der Waals surface area contributed by atoms with E-state index in [1.54, 1.807) is 24.3 Å². The molecule has 0 fully saturated rings. The molecular weight excluding hydrogens is 407 g/mol. The van der Waals surface area contributed by atoms with Crippen molar-refractivity contribution < 1.29 is 23.3 Å². The lowest BCUT2D eigenvalue weighted by atomic mass is 9.85. The molecule has 0 amide bonds. The fourth-order valence-electron chi connectivity index (χ4n) is 3.20. The van der Waals surface area contributed by atoms with E-state index >= 15 is 0 Å². The van der Waals surface area contributed by atoms with Crippen LogP contribution in [0.3, 0.4) is 0 Å². The Hall–Kier alpha value is -2.89. The third-order valence-electron chi connectivity index (χ3n) is 5.03. The molecule has 0 saturated carbocycles. The van der Waals surface area contributed by atoms with Gasteiger partial charge in [0.05, 0.1) is 19.8 Å². The van der Waals surface area contributed by atoms with Gasteiger partial charge in [-0.2, -0.15) is 0 Å². The standard InChI is InChI=1S/C27H31FO4/c1-4-29-16-17-31-23-13-11-22(12-14-23)27(2,3)20-30-19-21-10-15-25(28)26(18-21)32-24-8-6-5-7-9-24/h5-15,18H,4,16-17,19-20H2,1-3H3. The van der Waals surface area contributed by atoms with E-state index in [1.807, 2.05) is 37.3 Å². The van der Waals surface area contributed by atoms with Crippen LogP contribution >= 0.6 is 0 Å². The van der Waals surface area contributed by atoms with E-state index in [0.29, 0.717) is 38.8 Å². The highest BCUT2D eigenvalue weighted by atomic mass is 19.1. The topological polar surface area (TPSA) is 36.9 Å². The number of para-hydroxylation sites is 1. The molecule has 170 valence electrons. The van der Waals surface area contributed by atoms with Crippen LogP contribution in [0.2, 0.25) is 0 Å². The summed E-state index contributed by atoms with van der Waals surface area (Å²) in [6.45, 7) is 8.92. The van der Waals surface area contributed by atoms with E-state index in [4.69, 9.17) is 18.9 Å². The molecule has 0 aliphatic rings. The molecule has 32 heavy (non-hydrogen) atoms. The van der Waals surface area contributed by atoms with Crippen molar-refractivity contribution in [3.8, 4) is 17.2 Å². The van der Waals surface area contributed by atoms with Crippen molar-refractivity contribution >= 4 is 0 Å². The number of ether oxygens (including phenoxy) is 4. The van der Waals surface area contributed by atoms with E-state index in [9.17, 15) is 4.39 Å². The molecule has 0 bridgehead atoms. The zero-order chi connectivity index (χ0) is 22.8. The monoisotopic (exact) mass is 438 g/mol. The summed E-state index contributed by atoms with van der Waals surface area (Å²) in [5.41, 5.74) is 1.82. The third-order valence-corrected chi connectivity index (χ3v) is 5.03. The van der Waals surface area contributed by atoms with E-state index in [0.717, 1.165) is 16.9 Å². The van der Waals surface area contributed by atoms with Crippen molar-refractivity contribution in [1.82, 2.24) is 0 Å². The van der Waals surface area contributed by atoms with Crippen LogP contribution in [0.25, 0.3) is 0 Å². The Morgan fingerprint density at radius 2 is 1.56 bits per heavy atom. The molecule has 3 aromatic rings. The van der Waals surface area contributed by atoms with Gasteiger partial charge in [-0.25, -0.2) is 4.39 Å². The Labute approximate surface area is 189 Å². The molecule has 4 nitrogen and oxygen atoms in total. The Morgan fingerprint density at radius 3 is 2.28 bits per heavy atom. The molecule has 5 heteroatoms. The van der Waals surface area contributed by atoms with Crippen molar-refractivity contribution in [2.24, 2.45) is 0 Å². The minimum absolute atomic E-state index is 0.187. The molecule has 0 unspecified atom stereocenters. The van der Waals surface area contributed by atoms with Gasteiger partial charge in [0.15, 0.2) is 11.6 Å². The van der Waals surface area contributed by atoms with Crippen LogP contribution in [0.4, 0.5) is 4.39 Å². The van der Waals surface area contributed by atoms with E-state index in [1.165, 1.54) is 6.07 Å². The van der Waals surface area contributed by atoms with Crippen molar-refractivity contribution in [1.29, 1.82) is 0 Å². The predicted octanol–water partition coefficient (Wildman–Crippen LogP) is 6.53. The second-order valence-corrected chi connectivity index (χ2v) is 8.13. The lowest BCUT2D eigenvalue weighted by molar-refractivity contribution is 0.0823. The van der Waals surface area contributed by atoms with Crippen LogP contribution in [0.15, 0.2) is 72.8 Å². The molecule has 3 rings (SSSR count). The quantitative estimate of drug-likeness (QED) is 0.301. The summed E-state index contributed by atoms with van der Waals surface area (Å²) >= 11 is 0. The van der Waals surface area contributed by atoms with Crippen LogP contribution in [0.5, 0.6) is 17.2 Å². The van der Waals surface area contributed by atoms with Gasteiger partial charge in [0, 0.05) is 12.0 Å². The lowest BCUT2D eigenvalue weighted by Gasteiger charge is -2.25. The number of halogens is 1. The summed E-state index contributed by atoms with van der Waals surface area (Å²) in [5.74, 6) is 1.20. The third kappa shape index (κ3) is 7.08. The fourth-order valence-corrected chi connectivity index (χ4v) is 3.20. The maximum atomic E-state index is 14.2. The van der Waals surface area contributed by atoms with Gasteiger partial charge in [-0.3, -0.25) is 0 Å². The molecule has 0 saturated heterocycles. The Kier molecular flexibility index (Phi) is 8.65. The summed E-state index contributed by atoms with van der Waals surface area (Å²) in [5, 5.41) is 0. The van der Waals surface area contributed by atoms with E-state index < -0.39 is 5.82 Å². The number of benzene rings is 3. The van der Waals surface area contributed by atoms with Crippen LogP contribution in [-0.2, 0) is 21.5 Å². The van der Waals surface area contributed by atoms with Crippen molar-refractivity contribution in [3.63, 3.8) is 0 Å². The van der Waals surface area contributed by atoms with Crippen molar-refractivity contribution in [2.75, 3.05) is 26.4 Å². The maximum absolute atomic E-state index is 14.2.